The lowest BCUT2D eigenvalue weighted by Gasteiger charge is -2.22. The third-order valence-electron chi connectivity index (χ3n) is 3.74. The van der Waals surface area contributed by atoms with E-state index >= 15 is 0 Å². The Morgan fingerprint density at radius 3 is 1.96 bits per heavy atom. The van der Waals surface area contributed by atoms with Gasteiger partial charge in [-0.05, 0) is 57.9 Å². The van der Waals surface area contributed by atoms with Crippen molar-refractivity contribution in [1.29, 1.82) is 0 Å². The zero-order chi connectivity index (χ0) is 18.7. The molecule has 2 rings (SSSR count). The molecular formula is C17H24N2O5S. The second-order valence-corrected chi connectivity index (χ2v) is 9.03. The van der Waals surface area contributed by atoms with Crippen molar-refractivity contribution in [3.8, 4) is 0 Å². The average Bonchev–Trinajstić information content (AvgIpc) is 2.54. The van der Waals surface area contributed by atoms with Crippen molar-refractivity contribution in [2.45, 2.75) is 44.4 Å². The van der Waals surface area contributed by atoms with Gasteiger partial charge in [0.2, 0.25) is 10.0 Å². The highest BCUT2D eigenvalue weighted by molar-refractivity contribution is 7.90. The molecule has 7 nitrogen and oxygen atoms in total. The minimum absolute atomic E-state index is 0.183. The molecule has 0 spiro atoms. The molecule has 0 aliphatic carbocycles. The second kappa shape index (κ2) is 7.53. The van der Waals surface area contributed by atoms with Crippen LogP contribution in [-0.2, 0) is 14.8 Å². The van der Waals surface area contributed by atoms with Gasteiger partial charge in [-0.3, -0.25) is 9.59 Å². The molecule has 1 heterocycles. The van der Waals surface area contributed by atoms with Gasteiger partial charge in [-0.15, -0.1) is 0 Å². The molecule has 1 fully saturated rings. The Balaban J connectivity index is 2.04. The number of hydrogen-bond acceptors (Lipinski definition) is 5. The number of nitrogens with one attached hydrogen (secondary N) is 2. The average molecular weight is 368 g/mol. The number of amides is 2. The Bertz CT molecular complexity index is 729. The predicted molar refractivity (Wildman–Crippen MR) is 93.9 cm³/mol. The van der Waals surface area contributed by atoms with E-state index in [9.17, 15) is 18.0 Å². The number of benzene rings is 1. The van der Waals surface area contributed by atoms with Crippen molar-refractivity contribution < 1.29 is 22.7 Å². The lowest BCUT2D eigenvalue weighted by molar-refractivity contribution is 0.0916. The Morgan fingerprint density at radius 1 is 1.00 bits per heavy atom. The van der Waals surface area contributed by atoms with Gasteiger partial charge in [0, 0.05) is 29.9 Å². The summed E-state index contributed by atoms with van der Waals surface area (Å²) in [6.07, 6.45) is 0.739. The summed E-state index contributed by atoms with van der Waals surface area (Å²) in [7, 11) is -3.74. The first-order valence-corrected chi connectivity index (χ1v) is 9.69. The minimum Gasteiger partial charge on any atom is -0.381 e. The van der Waals surface area contributed by atoms with Gasteiger partial charge < -0.3 is 10.1 Å². The SMILES string of the molecule is CC(C)(C)NC(=O)c1ccc(C(=O)NS(=O)(=O)C2CCOCC2)cc1. The third kappa shape index (κ3) is 5.54. The molecule has 8 heteroatoms. The zero-order valence-electron chi connectivity index (χ0n) is 14.7. The minimum atomic E-state index is -3.74. The summed E-state index contributed by atoms with van der Waals surface area (Å²) in [5, 5.41) is 2.20. The van der Waals surface area contributed by atoms with Crippen molar-refractivity contribution in [1.82, 2.24) is 10.0 Å². The third-order valence-corrected chi connectivity index (χ3v) is 5.56. The maximum atomic E-state index is 12.2. The maximum Gasteiger partial charge on any atom is 0.264 e. The lowest BCUT2D eigenvalue weighted by Crippen LogP contribution is -2.41. The Kier molecular flexibility index (Phi) is 5.84. The highest BCUT2D eigenvalue weighted by atomic mass is 32.2. The van der Waals surface area contributed by atoms with Crippen LogP contribution in [-0.4, -0.2) is 44.2 Å². The van der Waals surface area contributed by atoms with Crippen LogP contribution in [0, 0.1) is 0 Å². The van der Waals surface area contributed by atoms with Crippen LogP contribution in [0.25, 0.3) is 0 Å². The van der Waals surface area contributed by atoms with Gasteiger partial charge in [-0.25, -0.2) is 13.1 Å². The van der Waals surface area contributed by atoms with Gasteiger partial charge >= 0.3 is 0 Å². The van der Waals surface area contributed by atoms with Crippen LogP contribution in [0.15, 0.2) is 24.3 Å². The van der Waals surface area contributed by atoms with E-state index in [1.165, 1.54) is 24.3 Å². The Labute approximate surface area is 148 Å². The number of sulfonamides is 1. The summed E-state index contributed by atoms with van der Waals surface area (Å²) in [5.74, 6) is -0.955. The van der Waals surface area contributed by atoms with Crippen LogP contribution in [0.2, 0.25) is 0 Å². The van der Waals surface area contributed by atoms with E-state index in [0.29, 0.717) is 31.6 Å². The summed E-state index contributed by atoms with van der Waals surface area (Å²) >= 11 is 0. The first-order chi connectivity index (χ1) is 11.6. The van der Waals surface area contributed by atoms with Gasteiger partial charge in [0.15, 0.2) is 0 Å². The number of rotatable bonds is 4. The summed E-state index contributed by atoms with van der Waals surface area (Å²) in [5.41, 5.74) is 0.215. The zero-order valence-corrected chi connectivity index (χ0v) is 15.5. The Hall–Kier alpha value is -1.93. The summed E-state index contributed by atoms with van der Waals surface area (Å²) < 4.78 is 31.7. The van der Waals surface area contributed by atoms with Crippen LogP contribution in [0.1, 0.15) is 54.3 Å². The molecule has 1 aliphatic heterocycles. The molecule has 25 heavy (non-hydrogen) atoms. The van der Waals surface area contributed by atoms with Crippen LogP contribution < -0.4 is 10.0 Å². The van der Waals surface area contributed by atoms with Crippen molar-refractivity contribution in [3.63, 3.8) is 0 Å². The fourth-order valence-corrected chi connectivity index (χ4v) is 3.80. The molecule has 2 amide bonds. The van der Waals surface area contributed by atoms with Crippen molar-refractivity contribution in [2.75, 3.05) is 13.2 Å². The molecule has 0 aromatic heterocycles. The van der Waals surface area contributed by atoms with Gasteiger partial charge in [-0.2, -0.15) is 0 Å². The smallest absolute Gasteiger partial charge is 0.264 e. The van der Waals surface area contributed by atoms with Crippen LogP contribution >= 0.6 is 0 Å². The van der Waals surface area contributed by atoms with E-state index < -0.39 is 21.2 Å². The first-order valence-electron chi connectivity index (χ1n) is 8.15. The van der Waals surface area contributed by atoms with Gasteiger partial charge in [0.25, 0.3) is 11.8 Å². The molecule has 0 saturated carbocycles. The van der Waals surface area contributed by atoms with Crippen LogP contribution in [0.4, 0.5) is 0 Å². The predicted octanol–water partition coefficient (Wildman–Crippen LogP) is 1.45. The van der Waals surface area contributed by atoms with Crippen molar-refractivity contribution in [3.05, 3.63) is 35.4 Å². The van der Waals surface area contributed by atoms with Gasteiger partial charge in [0.05, 0.1) is 5.25 Å². The number of carbonyl (C=O) groups is 2. The second-order valence-electron chi connectivity index (χ2n) is 7.07. The number of ether oxygens (including phenoxy) is 1. The summed E-state index contributed by atoms with van der Waals surface area (Å²) in [6, 6.07) is 5.87. The topological polar surface area (TPSA) is 102 Å². The quantitative estimate of drug-likeness (QED) is 0.838. The maximum absolute atomic E-state index is 12.2. The van der Waals surface area contributed by atoms with E-state index in [4.69, 9.17) is 4.74 Å². The fourth-order valence-electron chi connectivity index (χ4n) is 2.44. The molecule has 1 saturated heterocycles. The standard InChI is InChI=1S/C17H24N2O5S/c1-17(2,3)18-15(20)12-4-6-13(7-5-12)16(21)19-25(22,23)14-8-10-24-11-9-14/h4-7,14H,8-11H2,1-3H3,(H,18,20)(H,19,21). The van der Waals surface area contributed by atoms with Crippen LogP contribution in [0.5, 0.6) is 0 Å². The molecule has 2 N–H and O–H groups in total. The van der Waals surface area contributed by atoms with Crippen molar-refractivity contribution >= 4 is 21.8 Å². The van der Waals surface area contributed by atoms with Gasteiger partial charge in [0.1, 0.15) is 0 Å². The summed E-state index contributed by atoms with van der Waals surface area (Å²) in [4.78, 5) is 24.2. The number of carbonyl (C=O) groups excluding carboxylic acids is 2. The molecule has 1 aliphatic rings. The molecule has 0 unspecified atom stereocenters. The highest BCUT2D eigenvalue weighted by Crippen LogP contribution is 2.15. The molecular weight excluding hydrogens is 344 g/mol. The molecule has 1 aromatic rings. The molecule has 0 radical (unpaired) electrons. The molecule has 138 valence electrons. The van der Waals surface area contributed by atoms with Crippen LogP contribution in [0.3, 0.4) is 0 Å². The molecule has 0 bridgehead atoms. The molecule has 0 atom stereocenters. The van der Waals surface area contributed by atoms with E-state index in [0.717, 1.165) is 0 Å². The summed E-state index contributed by atoms with van der Waals surface area (Å²) in [6.45, 7) is 6.35. The van der Waals surface area contributed by atoms with Crippen molar-refractivity contribution in [2.24, 2.45) is 0 Å². The molecule has 1 aromatic carbocycles. The first kappa shape index (κ1) is 19.4. The van der Waals surface area contributed by atoms with E-state index in [-0.39, 0.29) is 17.0 Å². The highest BCUT2D eigenvalue weighted by Gasteiger charge is 2.29. The normalized spacial score (nSPS) is 16.3. The van der Waals surface area contributed by atoms with E-state index in [1.54, 1.807) is 0 Å². The monoisotopic (exact) mass is 368 g/mol. The van der Waals surface area contributed by atoms with Gasteiger partial charge in [-0.1, -0.05) is 0 Å². The Morgan fingerprint density at radius 2 is 1.48 bits per heavy atom. The van der Waals surface area contributed by atoms with E-state index in [2.05, 4.69) is 10.0 Å². The fraction of sp³-hybridized carbons (Fsp3) is 0.529. The lowest BCUT2D eigenvalue weighted by atomic mass is 10.1. The van der Waals surface area contributed by atoms with E-state index in [1.807, 2.05) is 20.8 Å². The largest absolute Gasteiger partial charge is 0.381 e. The number of hydrogen-bond donors (Lipinski definition) is 2.